The molecule has 1 amide bonds. The fourth-order valence-corrected chi connectivity index (χ4v) is 8.39. The first kappa shape index (κ1) is 19.1. The number of ketones is 1. The zero-order chi connectivity index (χ0) is 20.1. The van der Waals surface area contributed by atoms with Crippen LogP contribution in [0.25, 0.3) is 0 Å². The van der Waals surface area contributed by atoms with Crippen LogP contribution in [-0.4, -0.2) is 28.9 Å². The van der Waals surface area contributed by atoms with E-state index in [0.717, 1.165) is 25.7 Å². The summed E-state index contributed by atoms with van der Waals surface area (Å²) in [5.41, 5.74) is -0.0213. The van der Waals surface area contributed by atoms with E-state index in [2.05, 4.69) is 39.9 Å². The molecule has 1 spiro atoms. The van der Waals surface area contributed by atoms with Crippen LogP contribution >= 0.6 is 0 Å². The maximum absolute atomic E-state index is 13.1. The van der Waals surface area contributed by atoms with Crippen LogP contribution in [-0.2, 0) is 14.3 Å². The van der Waals surface area contributed by atoms with Crippen LogP contribution in [0.2, 0.25) is 0 Å². The van der Waals surface area contributed by atoms with Crippen molar-refractivity contribution in [1.82, 2.24) is 5.32 Å². The SMILES string of the molecule is CC(C)(C)NC(=O)C1CC[C@H]2[C@@H]3CCC45OC4C(=O)CC[C@]5(C)[C@H]3CC[C@]12C. The van der Waals surface area contributed by atoms with E-state index < -0.39 is 0 Å². The van der Waals surface area contributed by atoms with Crippen molar-refractivity contribution < 1.29 is 14.3 Å². The number of hydrogen-bond donors (Lipinski definition) is 1. The number of Topliss-reactive ketones (excluding diaryl/α,β-unsaturated/α-hetero) is 1. The van der Waals surface area contributed by atoms with Crippen molar-refractivity contribution in [2.24, 2.45) is 34.5 Å². The molecular formula is C24H37NO3. The summed E-state index contributed by atoms with van der Waals surface area (Å²) in [6.45, 7) is 11.1. The molecular weight excluding hydrogens is 350 g/mol. The fraction of sp³-hybridized carbons (Fsp3) is 0.917. The second-order valence-corrected chi connectivity index (χ2v) is 12.1. The Morgan fingerprint density at radius 1 is 1.04 bits per heavy atom. The van der Waals surface area contributed by atoms with E-state index in [1.165, 1.54) is 19.3 Å². The number of carbonyl (C=O) groups is 2. The Bertz CT molecular complexity index is 726. The van der Waals surface area contributed by atoms with Gasteiger partial charge in [0.05, 0.1) is 0 Å². The Labute approximate surface area is 169 Å². The van der Waals surface area contributed by atoms with Crippen LogP contribution in [0.4, 0.5) is 0 Å². The predicted octanol–water partition coefficient (Wildman–Crippen LogP) is 4.26. The quantitative estimate of drug-likeness (QED) is 0.684. The molecule has 1 heterocycles. The zero-order valence-electron chi connectivity index (χ0n) is 18.3. The van der Waals surface area contributed by atoms with E-state index in [1.807, 2.05) is 0 Å². The third-order valence-corrected chi connectivity index (χ3v) is 9.76. The molecule has 5 aliphatic rings. The molecule has 4 aliphatic carbocycles. The molecule has 28 heavy (non-hydrogen) atoms. The molecule has 1 N–H and O–H groups in total. The number of hydrogen-bond acceptors (Lipinski definition) is 3. The van der Waals surface area contributed by atoms with Gasteiger partial charge in [-0.25, -0.2) is 0 Å². The van der Waals surface area contributed by atoms with Gasteiger partial charge in [-0.3, -0.25) is 9.59 Å². The number of carbonyl (C=O) groups excluding carboxylic acids is 2. The minimum absolute atomic E-state index is 0.102. The molecule has 5 fully saturated rings. The first-order chi connectivity index (χ1) is 13.0. The summed E-state index contributed by atoms with van der Waals surface area (Å²) >= 11 is 0. The molecule has 156 valence electrons. The summed E-state index contributed by atoms with van der Waals surface area (Å²) in [5.74, 6) is 2.76. The predicted molar refractivity (Wildman–Crippen MR) is 108 cm³/mol. The van der Waals surface area contributed by atoms with Crippen LogP contribution in [0.1, 0.15) is 86.0 Å². The highest BCUT2D eigenvalue weighted by molar-refractivity contribution is 5.88. The molecule has 1 aliphatic heterocycles. The van der Waals surface area contributed by atoms with E-state index >= 15 is 0 Å². The average molecular weight is 388 g/mol. The van der Waals surface area contributed by atoms with Gasteiger partial charge < -0.3 is 10.1 Å². The topological polar surface area (TPSA) is 58.7 Å². The molecule has 5 rings (SSSR count). The number of amides is 1. The summed E-state index contributed by atoms with van der Waals surface area (Å²) in [6.07, 6.45) is 8.38. The van der Waals surface area contributed by atoms with Crippen molar-refractivity contribution in [3.8, 4) is 0 Å². The average Bonchev–Trinajstić information content (AvgIpc) is 3.23. The van der Waals surface area contributed by atoms with Gasteiger partial charge in [-0.1, -0.05) is 13.8 Å². The fourth-order valence-electron chi connectivity index (χ4n) is 8.39. The minimum atomic E-state index is -0.166. The molecule has 4 saturated carbocycles. The molecule has 4 heteroatoms. The second kappa shape index (κ2) is 5.62. The monoisotopic (exact) mass is 387 g/mol. The standard InChI is InChI=1S/C24H37NO3/c1-21(2,3)25-20(27)17-7-6-15-14-8-13-24-19(28-24)18(26)10-12-23(24,5)16(14)9-11-22(15,17)4/h14-17,19H,6-13H2,1-5H3,(H,25,27)/t14-,15-,16-,17?,19?,22-,23+,24?/m0/s1. The Kier molecular flexibility index (Phi) is 3.83. The van der Waals surface area contributed by atoms with Gasteiger partial charge in [0.25, 0.3) is 0 Å². The second-order valence-electron chi connectivity index (χ2n) is 12.1. The van der Waals surface area contributed by atoms with Crippen molar-refractivity contribution >= 4 is 11.7 Å². The van der Waals surface area contributed by atoms with Gasteiger partial charge in [0.1, 0.15) is 11.7 Å². The Balaban J connectivity index is 1.40. The molecule has 4 nitrogen and oxygen atoms in total. The number of rotatable bonds is 1. The van der Waals surface area contributed by atoms with E-state index in [4.69, 9.17) is 4.74 Å². The lowest BCUT2D eigenvalue weighted by atomic mass is 9.44. The lowest BCUT2D eigenvalue weighted by Gasteiger charge is -2.59. The highest BCUT2D eigenvalue weighted by Gasteiger charge is 2.76. The van der Waals surface area contributed by atoms with Gasteiger partial charge >= 0.3 is 0 Å². The Morgan fingerprint density at radius 3 is 2.50 bits per heavy atom. The lowest BCUT2D eigenvalue weighted by Crippen LogP contribution is -2.58. The number of nitrogens with one attached hydrogen (secondary N) is 1. The van der Waals surface area contributed by atoms with Crippen LogP contribution in [0.15, 0.2) is 0 Å². The number of fused-ring (bicyclic) bond motifs is 4. The highest BCUT2D eigenvalue weighted by Crippen LogP contribution is 2.72. The van der Waals surface area contributed by atoms with Crippen LogP contribution < -0.4 is 5.32 Å². The molecule has 1 saturated heterocycles. The Hall–Kier alpha value is -0.900. The maximum Gasteiger partial charge on any atom is 0.224 e. The maximum atomic E-state index is 13.1. The van der Waals surface area contributed by atoms with Gasteiger partial charge in [0.2, 0.25) is 5.91 Å². The van der Waals surface area contributed by atoms with E-state index in [0.29, 0.717) is 30.0 Å². The van der Waals surface area contributed by atoms with Crippen molar-refractivity contribution in [2.45, 2.75) is 103 Å². The molecule has 0 aromatic carbocycles. The third-order valence-electron chi connectivity index (χ3n) is 9.76. The van der Waals surface area contributed by atoms with Gasteiger partial charge in [-0.2, -0.15) is 0 Å². The summed E-state index contributed by atoms with van der Waals surface area (Å²) < 4.78 is 6.17. The van der Waals surface area contributed by atoms with Crippen LogP contribution in [0.5, 0.6) is 0 Å². The summed E-state index contributed by atoms with van der Waals surface area (Å²) in [5, 5.41) is 3.27. The first-order valence-corrected chi connectivity index (χ1v) is 11.5. The van der Waals surface area contributed by atoms with Crippen molar-refractivity contribution in [3.63, 3.8) is 0 Å². The molecule has 0 aromatic heterocycles. The van der Waals surface area contributed by atoms with Gasteiger partial charge in [0, 0.05) is 23.3 Å². The summed E-state index contributed by atoms with van der Waals surface area (Å²) in [6, 6.07) is 0. The molecule has 8 atom stereocenters. The normalized spacial score (nSPS) is 52.2. The van der Waals surface area contributed by atoms with Gasteiger partial charge in [-0.05, 0) is 88.9 Å². The number of epoxide rings is 1. The van der Waals surface area contributed by atoms with E-state index in [1.54, 1.807) is 0 Å². The number of ether oxygens (including phenoxy) is 1. The third kappa shape index (κ3) is 2.33. The highest BCUT2D eigenvalue weighted by atomic mass is 16.6. The van der Waals surface area contributed by atoms with Crippen molar-refractivity contribution in [1.29, 1.82) is 0 Å². The molecule has 0 aromatic rings. The Morgan fingerprint density at radius 2 is 1.79 bits per heavy atom. The zero-order valence-corrected chi connectivity index (χ0v) is 18.3. The van der Waals surface area contributed by atoms with Crippen molar-refractivity contribution in [3.05, 3.63) is 0 Å². The van der Waals surface area contributed by atoms with Gasteiger partial charge in [-0.15, -0.1) is 0 Å². The lowest BCUT2D eigenvalue weighted by molar-refractivity contribution is -0.141. The van der Waals surface area contributed by atoms with E-state index in [-0.39, 0.29) is 39.9 Å². The first-order valence-electron chi connectivity index (χ1n) is 11.5. The van der Waals surface area contributed by atoms with Crippen LogP contribution in [0.3, 0.4) is 0 Å². The summed E-state index contributed by atoms with van der Waals surface area (Å²) in [4.78, 5) is 25.4. The van der Waals surface area contributed by atoms with Crippen LogP contribution in [0, 0.1) is 34.5 Å². The minimum Gasteiger partial charge on any atom is -0.357 e. The van der Waals surface area contributed by atoms with Gasteiger partial charge in [0.15, 0.2) is 5.78 Å². The summed E-state index contributed by atoms with van der Waals surface area (Å²) in [7, 11) is 0. The molecule has 3 unspecified atom stereocenters. The molecule has 0 bridgehead atoms. The smallest absolute Gasteiger partial charge is 0.224 e. The van der Waals surface area contributed by atoms with E-state index in [9.17, 15) is 9.59 Å². The largest absolute Gasteiger partial charge is 0.357 e. The van der Waals surface area contributed by atoms with Crippen molar-refractivity contribution in [2.75, 3.05) is 0 Å². The molecule has 0 radical (unpaired) electrons.